The molecule has 1 aliphatic heterocycles. The molecule has 3 saturated carbocycles. The smallest absolute Gasteiger partial charge is 0.327 e. The normalized spacial score (nSPS) is 30.9. The molecule has 4 fully saturated rings. The van der Waals surface area contributed by atoms with E-state index in [-0.39, 0.29) is 16.7 Å². The maximum atomic E-state index is 15.1. The lowest BCUT2D eigenvalue weighted by atomic mass is 9.67. The highest BCUT2D eigenvalue weighted by molar-refractivity contribution is 8.00. The first-order chi connectivity index (χ1) is 16.4. The topological polar surface area (TPSA) is 66.8 Å². The first-order valence-electron chi connectivity index (χ1n) is 13.0. The molecule has 4 atom stereocenters. The number of hydrogen-bond acceptors (Lipinski definition) is 4. The number of carbonyl (C=O) groups excluding carboxylic acids is 1. The van der Waals surface area contributed by atoms with Crippen molar-refractivity contribution in [2.75, 3.05) is 12.5 Å². The number of halogens is 1. The first-order valence-corrected chi connectivity index (χ1v) is 14.1. The summed E-state index contributed by atoms with van der Waals surface area (Å²) in [5.41, 5.74) is 0.854. The Morgan fingerprint density at radius 1 is 1.15 bits per heavy atom. The summed E-state index contributed by atoms with van der Waals surface area (Å²) in [5.74, 6) is 1.55. The molecule has 0 spiro atoms. The molecule has 186 valence electrons. The standard InChI is InChI=1S/C27H36FNO4S/c1-16-25(27(31)32)29(15-34-16)26(30)22-13-21(20-7-8-20)24(14-23(22)28)33-9-3-6-19-11-17-4-2-5-18(10-17)12-19/h13-14,16-20,25H,2-12,15H2,1H3,(H,31,32)/t16-,17?,18?,19?,25-/m0/s1. The van der Waals surface area contributed by atoms with Crippen molar-refractivity contribution in [2.45, 2.75) is 88.3 Å². The van der Waals surface area contributed by atoms with Gasteiger partial charge in [0.15, 0.2) is 0 Å². The van der Waals surface area contributed by atoms with Crippen LogP contribution in [-0.4, -0.2) is 45.7 Å². The van der Waals surface area contributed by atoms with E-state index in [4.69, 9.17) is 4.74 Å². The number of nitrogens with zero attached hydrogens (tertiary/aromatic N) is 1. The van der Waals surface area contributed by atoms with Gasteiger partial charge in [-0.05, 0) is 80.2 Å². The second kappa shape index (κ2) is 10.1. The van der Waals surface area contributed by atoms with E-state index in [2.05, 4.69) is 0 Å². The maximum absolute atomic E-state index is 15.1. The van der Waals surface area contributed by atoms with E-state index in [1.165, 1.54) is 67.7 Å². The van der Waals surface area contributed by atoms with Crippen molar-refractivity contribution in [2.24, 2.45) is 17.8 Å². The van der Waals surface area contributed by atoms with Gasteiger partial charge in [-0.1, -0.05) is 26.2 Å². The van der Waals surface area contributed by atoms with Crippen LogP contribution in [0.1, 0.15) is 93.0 Å². The molecule has 1 N–H and O–H groups in total. The summed E-state index contributed by atoms with van der Waals surface area (Å²) in [6.45, 7) is 2.36. The fraction of sp³-hybridized carbons (Fsp3) is 0.704. The number of fused-ring (bicyclic) bond motifs is 2. The predicted molar refractivity (Wildman–Crippen MR) is 131 cm³/mol. The van der Waals surface area contributed by atoms with Gasteiger partial charge >= 0.3 is 5.97 Å². The first kappa shape index (κ1) is 24.0. The fourth-order valence-corrected chi connectivity index (χ4v) is 7.65. The number of hydrogen-bond donors (Lipinski definition) is 1. The Labute approximate surface area is 205 Å². The van der Waals surface area contributed by atoms with Gasteiger partial charge in [-0.15, -0.1) is 11.8 Å². The maximum Gasteiger partial charge on any atom is 0.327 e. The van der Waals surface area contributed by atoms with Crippen LogP contribution in [0, 0.1) is 23.6 Å². The van der Waals surface area contributed by atoms with Crippen molar-refractivity contribution in [3.8, 4) is 5.75 Å². The average molecular weight is 490 g/mol. The Bertz CT molecular complexity index is 923. The molecule has 1 aromatic rings. The highest BCUT2D eigenvalue weighted by atomic mass is 32.2. The molecular formula is C27H36FNO4S. The molecule has 1 saturated heterocycles. The molecule has 5 nitrogen and oxygen atoms in total. The van der Waals surface area contributed by atoms with Gasteiger partial charge in [-0.3, -0.25) is 4.79 Å². The lowest BCUT2D eigenvalue weighted by molar-refractivity contribution is -0.141. The minimum Gasteiger partial charge on any atom is -0.493 e. The van der Waals surface area contributed by atoms with E-state index in [9.17, 15) is 14.7 Å². The Morgan fingerprint density at radius 3 is 2.56 bits per heavy atom. The third kappa shape index (κ3) is 5.09. The van der Waals surface area contributed by atoms with Gasteiger partial charge in [0.25, 0.3) is 5.91 Å². The Balaban J connectivity index is 1.23. The van der Waals surface area contributed by atoms with Gasteiger partial charge in [0.05, 0.1) is 18.0 Å². The molecule has 2 bridgehead atoms. The quantitative estimate of drug-likeness (QED) is 0.449. The van der Waals surface area contributed by atoms with Crippen molar-refractivity contribution in [1.82, 2.24) is 4.90 Å². The van der Waals surface area contributed by atoms with Crippen molar-refractivity contribution in [3.63, 3.8) is 0 Å². The third-order valence-electron chi connectivity index (χ3n) is 8.36. The zero-order valence-electron chi connectivity index (χ0n) is 20.0. The van der Waals surface area contributed by atoms with Crippen LogP contribution in [0.3, 0.4) is 0 Å². The molecule has 4 aliphatic rings. The van der Waals surface area contributed by atoms with E-state index in [1.54, 1.807) is 13.0 Å². The van der Waals surface area contributed by atoms with Crippen LogP contribution in [-0.2, 0) is 4.79 Å². The second-order valence-corrected chi connectivity index (χ2v) is 12.3. The van der Waals surface area contributed by atoms with Crippen LogP contribution in [0.25, 0.3) is 0 Å². The molecule has 1 heterocycles. The summed E-state index contributed by atoms with van der Waals surface area (Å²) in [6, 6.07) is 2.05. The van der Waals surface area contributed by atoms with Crippen molar-refractivity contribution in [1.29, 1.82) is 0 Å². The molecule has 2 unspecified atom stereocenters. The van der Waals surface area contributed by atoms with Gasteiger partial charge in [-0.25, -0.2) is 9.18 Å². The molecule has 0 aromatic heterocycles. The number of carboxylic acid groups (broad SMARTS) is 1. The predicted octanol–water partition coefficient (Wildman–Crippen LogP) is 6.07. The summed E-state index contributed by atoms with van der Waals surface area (Å²) in [4.78, 5) is 26.1. The average Bonchev–Trinajstić information content (AvgIpc) is 3.56. The van der Waals surface area contributed by atoms with Gasteiger partial charge in [0.1, 0.15) is 17.6 Å². The van der Waals surface area contributed by atoms with Crippen molar-refractivity contribution in [3.05, 3.63) is 29.1 Å². The van der Waals surface area contributed by atoms with Gasteiger partial charge in [0, 0.05) is 11.3 Å². The van der Waals surface area contributed by atoms with Crippen LogP contribution >= 0.6 is 11.8 Å². The molecule has 34 heavy (non-hydrogen) atoms. The van der Waals surface area contributed by atoms with E-state index in [0.29, 0.717) is 18.3 Å². The summed E-state index contributed by atoms with van der Waals surface area (Å²) >= 11 is 1.40. The monoisotopic (exact) mass is 489 g/mol. The summed E-state index contributed by atoms with van der Waals surface area (Å²) in [6.07, 6.45) is 12.5. The Hall–Kier alpha value is -1.76. The number of benzene rings is 1. The zero-order chi connectivity index (χ0) is 23.8. The molecular weight excluding hydrogens is 453 g/mol. The Morgan fingerprint density at radius 2 is 1.88 bits per heavy atom. The number of amides is 1. The van der Waals surface area contributed by atoms with Crippen LogP contribution in [0.2, 0.25) is 0 Å². The number of ether oxygens (including phenoxy) is 1. The minimum atomic E-state index is -1.05. The minimum absolute atomic E-state index is 0.0380. The van der Waals surface area contributed by atoms with Gasteiger partial charge in [-0.2, -0.15) is 0 Å². The SMILES string of the molecule is C[C@@H]1SCN(C(=O)c2cc(C3CC3)c(OCCCC3CC4CCCC(C3)C4)cc2F)[C@@H]1C(=O)O. The third-order valence-corrected chi connectivity index (χ3v) is 9.57. The van der Waals surface area contributed by atoms with Crippen molar-refractivity contribution < 1.29 is 23.8 Å². The van der Waals surface area contributed by atoms with E-state index in [1.807, 2.05) is 0 Å². The molecule has 0 radical (unpaired) electrons. The molecule has 1 amide bonds. The van der Waals surface area contributed by atoms with E-state index >= 15 is 4.39 Å². The summed E-state index contributed by atoms with van der Waals surface area (Å²) in [5, 5.41) is 9.33. The van der Waals surface area contributed by atoms with Crippen LogP contribution in [0.15, 0.2) is 12.1 Å². The fourth-order valence-electron chi connectivity index (χ4n) is 6.53. The number of carbonyl (C=O) groups is 2. The molecule has 5 rings (SSSR count). The number of rotatable bonds is 8. The highest BCUT2D eigenvalue weighted by Crippen LogP contribution is 2.46. The van der Waals surface area contributed by atoms with Crippen LogP contribution < -0.4 is 4.74 Å². The lowest BCUT2D eigenvalue weighted by Crippen LogP contribution is -2.44. The largest absolute Gasteiger partial charge is 0.493 e. The summed E-state index contributed by atoms with van der Waals surface area (Å²) < 4.78 is 21.2. The number of thioether (sulfide) groups is 1. The summed E-state index contributed by atoms with van der Waals surface area (Å²) in [7, 11) is 0. The van der Waals surface area contributed by atoms with Crippen LogP contribution in [0.4, 0.5) is 4.39 Å². The zero-order valence-corrected chi connectivity index (χ0v) is 20.8. The van der Waals surface area contributed by atoms with E-state index < -0.39 is 23.7 Å². The second-order valence-electron chi connectivity index (χ2n) is 10.9. The molecule has 7 heteroatoms. The van der Waals surface area contributed by atoms with Crippen molar-refractivity contribution >= 4 is 23.6 Å². The number of carboxylic acids is 1. The molecule has 3 aliphatic carbocycles. The van der Waals surface area contributed by atoms with Gasteiger partial charge in [0.2, 0.25) is 0 Å². The number of aliphatic carboxylic acids is 1. The Kier molecular flexibility index (Phi) is 7.10. The molecule has 1 aromatic carbocycles. The van der Waals surface area contributed by atoms with Gasteiger partial charge < -0.3 is 14.7 Å². The van der Waals surface area contributed by atoms with Crippen LogP contribution in [0.5, 0.6) is 5.75 Å². The lowest BCUT2D eigenvalue weighted by Gasteiger charge is -2.39. The van der Waals surface area contributed by atoms with E-state index in [0.717, 1.165) is 42.6 Å². The highest BCUT2D eigenvalue weighted by Gasteiger charge is 2.41.